The van der Waals surface area contributed by atoms with Gasteiger partial charge in [0.2, 0.25) is 0 Å². The molecule has 0 fully saturated rings. The van der Waals surface area contributed by atoms with E-state index < -0.39 is 0 Å². The molecule has 0 aliphatic heterocycles. The molecule has 0 radical (unpaired) electrons. The summed E-state index contributed by atoms with van der Waals surface area (Å²) in [6.45, 7) is 11.7. The van der Waals surface area contributed by atoms with Gasteiger partial charge in [-0.1, -0.05) is 13.8 Å². The lowest BCUT2D eigenvalue weighted by atomic mass is 10.3. The zero-order chi connectivity index (χ0) is 11.0. The molecule has 0 bridgehead atoms. The maximum Gasteiger partial charge on any atom is 0.0524 e. The summed E-state index contributed by atoms with van der Waals surface area (Å²) >= 11 is 0. The molecule has 1 N–H and O–H groups in total. The molecule has 1 atom stereocenters. The third kappa shape index (κ3) is 7.30. The Kier molecular flexibility index (Phi) is 8.14. The molecule has 0 rings (SSSR count). The monoisotopic (exact) mass is 202 g/mol. The van der Waals surface area contributed by atoms with Gasteiger partial charge < -0.3 is 14.9 Å². The summed E-state index contributed by atoms with van der Waals surface area (Å²) in [5.74, 6) is 0. The minimum absolute atomic E-state index is 0.175. The molecule has 0 aliphatic rings. The predicted molar refractivity (Wildman–Crippen MR) is 61.6 cm³/mol. The van der Waals surface area contributed by atoms with Crippen LogP contribution in [-0.2, 0) is 0 Å². The molecule has 0 aromatic carbocycles. The van der Waals surface area contributed by atoms with E-state index in [2.05, 4.69) is 30.7 Å². The lowest BCUT2D eigenvalue weighted by Crippen LogP contribution is -2.34. The molecule has 0 heterocycles. The maximum atomic E-state index is 9.13. The highest BCUT2D eigenvalue weighted by Crippen LogP contribution is 1.94. The Bertz CT molecular complexity index is 124. The fourth-order valence-corrected chi connectivity index (χ4v) is 1.37. The molecule has 86 valence electrons. The van der Waals surface area contributed by atoms with Crippen molar-refractivity contribution >= 4 is 0 Å². The number of nitrogens with zero attached hydrogens (tertiary/aromatic N) is 2. The van der Waals surface area contributed by atoms with Gasteiger partial charge in [0.1, 0.15) is 0 Å². The van der Waals surface area contributed by atoms with E-state index in [4.69, 9.17) is 5.11 Å². The van der Waals surface area contributed by atoms with Gasteiger partial charge in [0.25, 0.3) is 0 Å². The first-order chi connectivity index (χ1) is 6.60. The fourth-order valence-electron chi connectivity index (χ4n) is 1.37. The molecule has 0 saturated heterocycles. The fraction of sp³-hybridized carbons (Fsp3) is 1.00. The van der Waals surface area contributed by atoms with Crippen molar-refractivity contribution in [2.75, 3.05) is 39.8 Å². The highest BCUT2D eigenvalue weighted by molar-refractivity contribution is 4.59. The Hall–Kier alpha value is -0.120. The zero-order valence-electron chi connectivity index (χ0n) is 10.2. The first-order valence-electron chi connectivity index (χ1n) is 5.69. The molecule has 0 aromatic rings. The second kappa shape index (κ2) is 8.21. The van der Waals surface area contributed by atoms with Crippen LogP contribution in [0.1, 0.15) is 27.2 Å². The Balaban J connectivity index is 3.46. The Morgan fingerprint density at radius 3 is 2.07 bits per heavy atom. The van der Waals surface area contributed by atoms with Gasteiger partial charge in [0, 0.05) is 19.6 Å². The van der Waals surface area contributed by atoms with E-state index >= 15 is 0 Å². The first kappa shape index (κ1) is 13.9. The third-order valence-corrected chi connectivity index (χ3v) is 2.62. The van der Waals surface area contributed by atoms with Gasteiger partial charge in [-0.3, -0.25) is 0 Å². The van der Waals surface area contributed by atoms with E-state index in [1.54, 1.807) is 0 Å². The highest BCUT2D eigenvalue weighted by atomic mass is 16.3. The van der Waals surface area contributed by atoms with Gasteiger partial charge in [-0.2, -0.15) is 0 Å². The highest BCUT2D eigenvalue weighted by Gasteiger charge is 2.03. The van der Waals surface area contributed by atoms with Crippen LogP contribution < -0.4 is 0 Å². The van der Waals surface area contributed by atoms with Crippen LogP contribution in [-0.4, -0.2) is 60.8 Å². The lowest BCUT2D eigenvalue weighted by Gasteiger charge is -2.23. The molecule has 1 unspecified atom stereocenters. The molecule has 0 aromatic heterocycles. The number of aliphatic hydroxyl groups excluding tert-OH is 1. The summed E-state index contributed by atoms with van der Waals surface area (Å²) in [6, 6.07) is 0. The van der Waals surface area contributed by atoms with Crippen molar-refractivity contribution in [1.29, 1.82) is 0 Å². The minimum Gasteiger partial charge on any atom is -0.393 e. The van der Waals surface area contributed by atoms with Gasteiger partial charge in [0.15, 0.2) is 0 Å². The van der Waals surface area contributed by atoms with Crippen molar-refractivity contribution in [2.24, 2.45) is 0 Å². The molecule has 3 heteroatoms. The minimum atomic E-state index is -0.175. The molecule has 0 spiro atoms. The second-order valence-electron chi connectivity index (χ2n) is 3.97. The second-order valence-corrected chi connectivity index (χ2v) is 3.97. The zero-order valence-corrected chi connectivity index (χ0v) is 10.2. The summed E-state index contributed by atoms with van der Waals surface area (Å²) in [6.07, 6.45) is 0.695. The molecule has 0 saturated carbocycles. The first-order valence-corrected chi connectivity index (χ1v) is 5.69. The molecule has 0 aliphatic carbocycles. The number of likely N-dealkylation sites (N-methyl/N-ethyl adjacent to an activating group) is 2. The lowest BCUT2D eigenvalue weighted by molar-refractivity contribution is 0.158. The normalized spacial score (nSPS) is 13.9. The third-order valence-electron chi connectivity index (χ3n) is 2.62. The van der Waals surface area contributed by atoms with E-state index in [1.807, 2.05) is 6.92 Å². The number of rotatable bonds is 8. The van der Waals surface area contributed by atoms with Crippen molar-refractivity contribution in [3.05, 3.63) is 0 Å². The smallest absolute Gasteiger partial charge is 0.0524 e. The SMILES string of the molecule is CCN(CC)CCN(C)CCC(C)O. The summed E-state index contributed by atoms with van der Waals surface area (Å²) in [7, 11) is 2.12. The van der Waals surface area contributed by atoms with Gasteiger partial charge >= 0.3 is 0 Å². The number of hydrogen-bond donors (Lipinski definition) is 1. The summed E-state index contributed by atoms with van der Waals surface area (Å²) in [4.78, 5) is 4.70. The molecule has 0 amide bonds. The summed E-state index contributed by atoms with van der Waals surface area (Å²) in [5, 5.41) is 9.13. The van der Waals surface area contributed by atoms with E-state index in [-0.39, 0.29) is 6.10 Å². The quantitative estimate of drug-likeness (QED) is 0.637. The molecular formula is C11H26N2O. The molecule has 3 nitrogen and oxygen atoms in total. The predicted octanol–water partition coefficient (Wildman–Crippen LogP) is 1.03. The van der Waals surface area contributed by atoms with Gasteiger partial charge in [-0.05, 0) is 33.5 Å². The van der Waals surface area contributed by atoms with E-state index in [9.17, 15) is 0 Å². The Morgan fingerprint density at radius 1 is 1.07 bits per heavy atom. The van der Waals surface area contributed by atoms with Crippen molar-refractivity contribution in [2.45, 2.75) is 33.3 Å². The average molecular weight is 202 g/mol. The van der Waals surface area contributed by atoms with Crippen LogP contribution in [0.3, 0.4) is 0 Å². The van der Waals surface area contributed by atoms with Crippen LogP contribution in [0.25, 0.3) is 0 Å². The van der Waals surface area contributed by atoms with Crippen molar-refractivity contribution in [3.8, 4) is 0 Å². The van der Waals surface area contributed by atoms with Crippen LogP contribution in [0.2, 0.25) is 0 Å². The standard InChI is InChI=1S/C11H26N2O/c1-5-13(6-2)10-9-12(4)8-7-11(3)14/h11,14H,5-10H2,1-4H3. The number of hydrogen-bond acceptors (Lipinski definition) is 3. The van der Waals surface area contributed by atoms with Crippen LogP contribution in [0.15, 0.2) is 0 Å². The van der Waals surface area contributed by atoms with E-state index in [0.717, 1.165) is 39.1 Å². The number of aliphatic hydroxyl groups is 1. The summed E-state index contributed by atoms with van der Waals surface area (Å²) in [5.41, 5.74) is 0. The van der Waals surface area contributed by atoms with Gasteiger partial charge in [-0.25, -0.2) is 0 Å². The van der Waals surface area contributed by atoms with Gasteiger partial charge in [-0.15, -0.1) is 0 Å². The topological polar surface area (TPSA) is 26.7 Å². The maximum absolute atomic E-state index is 9.13. The Morgan fingerprint density at radius 2 is 1.64 bits per heavy atom. The Labute approximate surface area is 88.7 Å². The molecular weight excluding hydrogens is 176 g/mol. The van der Waals surface area contributed by atoms with Crippen molar-refractivity contribution < 1.29 is 5.11 Å². The van der Waals surface area contributed by atoms with Crippen molar-refractivity contribution in [3.63, 3.8) is 0 Å². The van der Waals surface area contributed by atoms with Gasteiger partial charge in [0.05, 0.1) is 6.10 Å². The largest absolute Gasteiger partial charge is 0.393 e. The van der Waals surface area contributed by atoms with E-state index in [0.29, 0.717) is 0 Å². The van der Waals surface area contributed by atoms with Crippen LogP contribution in [0.5, 0.6) is 0 Å². The molecule has 14 heavy (non-hydrogen) atoms. The van der Waals surface area contributed by atoms with Crippen molar-refractivity contribution in [1.82, 2.24) is 9.80 Å². The van der Waals surface area contributed by atoms with Crippen LogP contribution in [0, 0.1) is 0 Å². The summed E-state index contributed by atoms with van der Waals surface area (Å²) < 4.78 is 0. The van der Waals surface area contributed by atoms with Crippen LogP contribution >= 0.6 is 0 Å². The van der Waals surface area contributed by atoms with E-state index in [1.165, 1.54) is 0 Å². The van der Waals surface area contributed by atoms with Crippen LogP contribution in [0.4, 0.5) is 0 Å². The average Bonchev–Trinajstić information content (AvgIpc) is 2.16.